The van der Waals surface area contributed by atoms with Gasteiger partial charge in [-0.05, 0) is 54.1 Å². The van der Waals surface area contributed by atoms with E-state index >= 15 is 0 Å². The second-order valence-electron chi connectivity index (χ2n) is 5.82. The molecule has 0 fully saturated rings. The smallest absolute Gasteiger partial charge is 0.255 e. The van der Waals surface area contributed by atoms with Crippen molar-refractivity contribution in [1.29, 1.82) is 0 Å². The van der Waals surface area contributed by atoms with Crippen LogP contribution >= 0.6 is 23.2 Å². The number of carbonyl (C=O) groups excluding carboxylic acids is 2. The summed E-state index contributed by atoms with van der Waals surface area (Å²) in [4.78, 5) is 24.6. The quantitative estimate of drug-likeness (QED) is 0.622. The van der Waals surface area contributed by atoms with E-state index in [0.717, 1.165) is 5.56 Å². The van der Waals surface area contributed by atoms with Crippen LogP contribution in [0, 0.1) is 0 Å². The number of nitrogens with one attached hydrogen (secondary N) is 2. The zero-order chi connectivity index (χ0) is 19.2. The van der Waals surface area contributed by atoms with E-state index in [-0.39, 0.29) is 11.8 Å². The van der Waals surface area contributed by atoms with Gasteiger partial charge in [0.1, 0.15) is 0 Å². The van der Waals surface area contributed by atoms with Crippen LogP contribution in [0.15, 0.2) is 72.8 Å². The number of rotatable bonds is 5. The van der Waals surface area contributed by atoms with E-state index in [1.807, 2.05) is 12.1 Å². The summed E-state index contributed by atoms with van der Waals surface area (Å²) in [5, 5.41) is 6.69. The lowest BCUT2D eigenvalue weighted by molar-refractivity contribution is 0.0949. The predicted molar refractivity (Wildman–Crippen MR) is 108 cm³/mol. The first-order valence-electron chi connectivity index (χ1n) is 8.21. The lowest BCUT2D eigenvalue weighted by Gasteiger charge is -2.08. The summed E-state index contributed by atoms with van der Waals surface area (Å²) in [5.41, 5.74) is 2.39. The highest BCUT2D eigenvalue weighted by Gasteiger charge is 2.10. The van der Waals surface area contributed by atoms with Gasteiger partial charge < -0.3 is 10.6 Å². The van der Waals surface area contributed by atoms with Gasteiger partial charge in [0.05, 0.1) is 10.7 Å². The van der Waals surface area contributed by atoms with Crippen LogP contribution in [0.1, 0.15) is 26.3 Å². The molecule has 3 rings (SSSR count). The van der Waals surface area contributed by atoms with E-state index in [4.69, 9.17) is 23.2 Å². The minimum Gasteiger partial charge on any atom is -0.348 e. The van der Waals surface area contributed by atoms with Gasteiger partial charge in [-0.1, -0.05) is 47.5 Å². The van der Waals surface area contributed by atoms with Crippen LogP contribution < -0.4 is 10.6 Å². The van der Waals surface area contributed by atoms with Crippen LogP contribution in [0.5, 0.6) is 0 Å². The first kappa shape index (κ1) is 19.0. The Balaban J connectivity index is 1.60. The highest BCUT2D eigenvalue weighted by Crippen LogP contribution is 2.21. The van der Waals surface area contributed by atoms with Gasteiger partial charge in [0.25, 0.3) is 11.8 Å². The van der Waals surface area contributed by atoms with Gasteiger partial charge in [0.15, 0.2) is 0 Å². The van der Waals surface area contributed by atoms with Crippen LogP contribution in [0.3, 0.4) is 0 Å². The summed E-state index contributed by atoms with van der Waals surface area (Å²) in [5.74, 6) is -0.515. The number of halogens is 2. The molecule has 4 nitrogen and oxygen atoms in total. The molecule has 3 aromatic rings. The maximum Gasteiger partial charge on any atom is 0.255 e. The van der Waals surface area contributed by atoms with Crippen molar-refractivity contribution in [2.45, 2.75) is 6.54 Å². The molecule has 136 valence electrons. The largest absolute Gasteiger partial charge is 0.348 e. The Morgan fingerprint density at radius 3 is 1.96 bits per heavy atom. The molecule has 0 radical (unpaired) electrons. The van der Waals surface area contributed by atoms with Gasteiger partial charge >= 0.3 is 0 Å². The van der Waals surface area contributed by atoms with Crippen molar-refractivity contribution in [3.05, 3.63) is 99.5 Å². The van der Waals surface area contributed by atoms with E-state index in [9.17, 15) is 9.59 Å². The van der Waals surface area contributed by atoms with Crippen molar-refractivity contribution in [2.75, 3.05) is 5.32 Å². The van der Waals surface area contributed by atoms with Gasteiger partial charge in [0.2, 0.25) is 0 Å². The fraction of sp³-hybridized carbons (Fsp3) is 0.0476. The molecule has 0 atom stereocenters. The molecule has 0 heterocycles. The van der Waals surface area contributed by atoms with Crippen LogP contribution in [0.4, 0.5) is 5.69 Å². The molecule has 0 aliphatic rings. The molecule has 0 saturated heterocycles. The maximum absolute atomic E-state index is 12.3. The third kappa shape index (κ3) is 5.09. The molecule has 0 aliphatic heterocycles. The monoisotopic (exact) mass is 398 g/mol. The molecule has 0 unspecified atom stereocenters. The van der Waals surface area contributed by atoms with Gasteiger partial charge in [-0.3, -0.25) is 9.59 Å². The molecule has 0 bridgehead atoms. The van der Waals surface area contributed by atoms with E-state index in [1.54, 1.807) is 60.7 Å². The number of benzene rings is 3. The van der Waals surface area contributed by atoms with Crippen LogP contribution in [-0.4, -0.2) is 11.8 Å². The summed E-state index contributed by atoms with van der Waals surface area (Å²) in [6, 6.07) is 20.7. The molecule has 2 amide bonds. The van der Waals surface area contributed by atoms with E-state index < -0.39 is 0 Å². The van der Waals surface area contributed by atoms with Crippen molar-refractivity contribution in [1.82, 2.24) is 5.32 Å². The average molecular weight is 399 g/mol. The standard InChI is InChI=1S/C21H16Cl2N2O2/c22-17-11-5-14(6-12-17)13-24-20(26)15-7-9-16(10-8-15)21(27)25-19-4-2-1-3-18(19)23/h1-12H,13H2,(H,24,26)(H,25,27). The molecule has 27 heavy (non-hydrogen) atoms. The van der Waals surface area contributed by atoms with Crippen LogP contribution in [0.2, 0.25) is 10.0 Å². The van der Waals surface area contributed by atoms with E-state index in [2.05, 4.69) is 10.6 Å². The Kier molecular flexibility index (Phi) is 6.12. The number of amides is 2. The number of hydrogen-bond acceptors (Lipinski definition) is 2. The zero-order valence-corrected chi connectivity index (χ0v) is 15.7. The minimum absolute atomic E-state index is 0.219. The van der Waals surface area contributed by atoms with Gasteiger partial charge in [-0.25, -0.2) is 0 Å². The highest BCUT2D eigenvalue weighted by molar-refractivity contribution is 6.33. The summed E-state index contributed by atoms with van der Waals surface area (Å²) in [6.07, 6.45) is 0. The molecule has 2 N–H and O–H groups in total. The Labute approximate surface area is 167 Å². The Morgan fingerprint density at radius 2 is 1.33 bits per heavy atom. The van der Waals surface area contributed by atoms with Crippen molar-refractivity contribution in [3.8, 4) is 0 Å². The van der Waals surface area contributed by atoms with Crippen molar-refractivity contribution in [2.24, 2.45) is 0 Å². The van der Waals surface area contributed by atoms with Crippen LogP contribution in [0.25, 0.3) is 0 Å². The van der Waals surface area contributed by atoms with Gasteiger partial charge in [-0.15, -0.1) is 0 Å². The number of hydrogen-bond donors (Lipinski definition) is 2. The first-order chi connectivity index (χ1) is 13.0. The molecule has 0 aromatic heterocycles. The highest BCUT2D eigenvalue weighted by atomic mass is 35.5. The SMILES string of the molecule is O=C(NCc1ccc(Cl)cc1)c1ccc(C(=O)Nc2ccccc2Cl)cc1. The third-order valence-corrected chi connectivity index (χ3v) is 4.48. The summed E-state index contributed by atoms with van der Waals surface area (Å²) in [7, 11) is 0. The van der Waals surface area contributed by atoms with Crippen molar-refractivity contribution < 1.29 is 9.59 Å². The number of anilines is 1. The van der Waals surface area contributed by atoms with Gasteiger partial charge in [0, 0.05) is 22.7 Å². The number of carbonyl (C=O) groups is 2. The Bertz CT molecular complexity index is 955. The average Bonchev–Trinajstić information content (AvgIpc) is 2.69. The van der Waals surface area contributed by atoms with Gasteiger partial charge in [-0.2, -0.15) is 0 Å². The fourth-order valence-corrected chi connectivity index (χ4v) is 2.73. The lowest BCUT2D eigenvalue weighted by atomic mass is 10.1. The fourth-order valence-electron chi connectivity index (χ4n) is 2.42. The summed E-state index contributed by atoms with van der Waals surface area (Å²) in [6.45, 7) is 0.394. The molecule has 0 saturated carbocycles. The molecule has 0 spiro atoms. The second-order valence-corrected chi connectivity index (χ2v) is 6.66. The topological polar surface area (TPSA) is 58.2 Å². The predicted octanol–water partition coefficient (Wildman–Crippen LogP) is 5.18. The minimum atomic E-state index is -0.295. The molecular weight excluding hydrogens is 383 g/mol. The Hall–Kier alpha value is -2.82. The third-order valence-electron chi connectivity index (χ3n) is 3.90. The first-order valence-corrected chi connectivity index (χ1v) is 8.97. The zero-order valence-electron chi connectivity index (χ0n) is 14.2. The maximum atomic E-state index is 12.3. The van der Waals surface area contributed by atoms with Crippen molar-refractivity contribution in [3.63, 3.8) is 0 Å². The summed E-state index contributed by atoms with van der Waals surface area (Å²) < 4.78 is 0. The molecule has 3 aromatic carbocycles. The second kappa shape index (κ2) is 8.71. The number of para-hydroxylation sites is 1. The Morgan fingerprint density at radius 1 is 0.741 bits per heavy atom. The van der Waals surface area contributed by atoms with Crippen LogP contribution in [-0.2, 0) is 6.54 Å². The molecular formula is C21H16Cl2N2O2. The lowest BCUT2D eigenvalue weighted by Crippen LogP contribution is -2.23. The van der Waals surface area contributed by atoms with Crippen molar-refractivity contribution >= 4 is 40.7 Å². The molecule has 6 heteroatoms. The normalized spacial score (nSPS) is 10.3. The van der Waals surface area contributed by atoms with E-state index in [1.165, 1.54) is 0 Å². The van der Waals surface area contributed by atoms with E-state index in [0.29, 0.717) is 33.4 Å². The molecule has 0 aliphatic carbocycles. The summed E-state index contributed by atoms with van der Waals surface area (Å²) >= 11 is 11.9.